The summed E-state index contributed by atoms with van der Waals surface area (Å²) in [7, 11) is 0.920. The molecular weight excluding hydrogens is 407 g/mol. The number of nitrogens with zero attached hydrogens (tertiary/aromatic N) is 2. The lowest BCUT2D eigenvalue weighted by atomic mass is 9.78. The van der Waals surface area contributed by atoms with E-state index in [9.17, 15) is 28.5 Å². The number of ether oxygens (including phenoxy) is 1. The summed E-state index contributed by atoms with van der Waals surface area (Å²) in [6, 6.07) is 9.11. The van der Waals surface area contributed by atoms with E-state index in [-0.39, 0.29) is 10.6 Å². The Bertz CT molecular complexity index is 992. The van der Waals surface area contributed by atoms with Crippen LogP contribution in [-0.4, -0.2) is 24.8 Å². The molecule has 0 radical (unpaired) electrons. The van der Waals surface area contributed by atoms with Gasteiger partial charge in [0.1, 0.15) is 0 Å². The van der Waals surface area contributed by atoms with E-state index in [0.717, 1.165) is 7.11 Å². The molecule has 29 heavy (non-hydrogen) atoms. The number of methoxy groups -OCH3 is 1. The molecule has 0 aliphatic heterocycles. The van der Waals surface area contributed by atoms with Gasteiger partial charge >= 0.3 is 12.1 Å². The minimum atomic E-state index is -5.06. The SMILES string of the molecule is COC(=O)C1=C(c2ccccc2Cl)C(C#N)(C#N)C(NC(C)(C)C)=C1C(F)(F)F. The molecule has 2 rings (SSSR count). The number of rotatable bonds is 3. The van der Waals surface area contributed by atoms with Crippen molar-refractivity contribution in [2.75, 3.05) is 7.11 Å². The fraction of sp³-hybridized carbons (Fsp3) is 0.350. The van der Waals surface area contributed by atoms with Crippen molar-refractivity contribution in [2.24, 2.45) is 5.41 Å². The maximum Gasteiger partial charge on any atom is 0.419 e. The van der Waals surface area contributed by atoms with E-state index in [0.29, 0.717) is 0 Å². The fourth-order valence-electron chi connectivity index (χ4n) is 3.12. The van der Waals surface area contributed by atoms with Crippen molar-refractivity contribution < 1.29 is 22.7 Å². The number of alkyl halides is 3. The Kier molecular flexibility index (Phi) is 5.74. The largest absolute Gasteiger partial charge is 0.465 e. The summed E-state index contributed by atoms with van der Waals surface area (Å²) in [5.74, 6) is -1.33. The normalized spacial score (nSPS) is 16.3. The number of nitriles is 2. The first-order valence-corrected chi connectivity index (χ1v) is 8.72. The van der Waals surface area contributed by atoms with E-state index in [1.165, 1.54) is 24.3 Å². The molecule has 1 aromatic rings. The van der Waals surface area contributed by atoms with Crippen molar-refractivity contribution in [1.29, 1.82) is 10.5 Å². The number of esters is 1. The van der Waals surface area contributed by atoms with Crippen molar-refractivity contribution in [1.82, 2.24) is 5.32 Å². The van der Waals surface area contributed by atoms with Gasteiger partial charge in [0.25, 0.3) is 0 Å². The molecule has 152 valence electrons. The number of carbonyl (C=O) groups excluding carboxylic acids is 1. The summed E-state index contributed by atoms with van der Waals surface area (Å²) in [6.07, 6.45) is -5.06. The minimum Gasteiger partial charge on any atom is -0.465 e. The third kappa shape index (κ3) is 3.81. The molecule has 9 heteroatoms. The number of nitrogens with one attached hydrogen (secondary N) is 1. The van der Waals surface area contributed by atoms with Crippen LogP contribution in [0, 0.1) is 28.1 Å². The zero-order chi connectivity index (χ0) is 22.2. The zero-order valence-electron chi connectivity index (χ0n) is 16.0. The van der Waals surface area contributed by atoms with Crippen molar-refractivity contribution in [2.45, 2.75) is 32.5 Å². The van der Waals surface area contributed by atoms with E-state index < -0.39 is 45.5 Å². The highest BCUT2D eigenvalue weighted by atomic mass is 35.5. The minimum absolute atomic E-state index is 0.0164. The first kappa shape index (κ1) is 22.3. The first-order chi connectivity index (χ1) is 13.3. The summed E-state index contributed by atoms with van der Waals surface area (Å²) in [4.78, 5) is 12.5. The van der Waals surface area contributed by atoms with Crippen LogP contribution >= 0.6 is 11.6 Å². The highest BCUT2D eigenvalue weighted by Crippen LogP contribution is 2.56. The first-order valence-electron chi connectivity index (χ1n) is 8.35. The van der Waals surface area contributed by atoms with E-state index in [1.54, 1.807) is 32.9 Å². The Morgan fingerprint density at radius 3 is 2.14 bits per heavy atom. The van der Waals surface area contributed by atoms with Crippen LogP contribution in [-0.2, 0) is 9.53 Å². The fourth-order valence-corrected chi connectivity index (χ4v) is 3.35. The Balaban J connectivity index is 3.11. The molecule has 1 N–H and O–H groups in total. The van der Waals surface area contributed by atoms with Crippen LogP contribution in [0.3, 0.4) is 0 Å². The molecule has 1 aromatic carbocycles. The van der Waals surface area contributed by atoms with Crippen LogP contribution in [0.4, 0.5) is 13.2 Å². The number of halogens is 4. The average molecular weight is 424 g/mol. The molecule has 0 spiro atoms. The second-order valence-electron chi connectivity index (χ2n) is 7.32. The van der Waals surface area contributed by atoms with Crippen LogP contribution in [0.1, 0.15) is 26.3 Å². The van der Waals surface area contributed by atoms with Gasteiger partial charge in [-0.25, -0.2) is 4.79 Å². The number of allylic oxidation sites excluding steroid dienone is 1. The van der Waals surface area contributed by atoms with Crippen LogP contribution in [0.25, 0.3) is 5.57 Å². The molecule has 0 amide bonds. The summed E-state index contributed by atoms with van der Waals surface area (Å²) < 4.78 is 47.0. The zero-order valence-corrected chi connectivity index (χ0v) is 16.8. The molecule has 1 aliphatic carbocycles. The Hall–Kier alpha value is -2.97. The average Bonchev–Trinajstić information content (AvgIpc) is 2.90. The van der Waals surface area contributed by atoms with Crippen molar-refractivity contribution >= 4 is 23.1 Å². The van der Waals surface area contributed by atoms with Gasteiger partial charge in [-0.3, -0.25) is 0 Å². The van der Waals surface area contributed by atoms with Crippen molar-refractivity contribution in [3.05, 3.63) is 51.7 Å². The monoisotopic (exact) mass is 423 g/mol. The molecule has 1 aliphatic rings. The number of hydrogen-bond acceptors (Lipinski definition) is 5. The lowest BCUT2D eigenvalue weighted by Gasteiger charge is -2.30. The van der Waals surface area contributed by atoms with Gasteiger partial charge in [-0.1, -0.05) is 29.8 Å². The van der Waals surface area contributed by atoms with E-state index >= 15 is 0 Å². The third-order valence-corrected chi connectivity index (χ3v) is 4.48. The van der Waals surface area contributed by atoms with Crippen LogP contribution in [0.2, 0.25) is 5.02 Å². The smallest absolute Gasteiger partial charge is 0.419 e. The quantitative estimate of drug-likeness (QED) is 0.722. The van der Waals surface area contributed by atoms with Crippen molar-refractivity contribution in [3.63, 3.8) is 0 Å². The lowest BCUT2D eigenvalue weighted by Crippen LogP contribution is -2.42. The molecule has 0 heterocycles. The second kappa shape index (κ2) is 7.46. The maximum absolute atomic E-state index is 14.1. The van der Waals surface area contributed by atoms with E-state index in [2.05, 4.69) is 10.1 Å². The second-order valence-corrected chi connectivity index (χ2v) is 7.72. The van der Waals surface area contributed by atoms with Crippen molar-refractivity contribution in [3.8, 4) is 12.1 Å². The topological polar surface area (TPSA) is 85.9 Å². The predicted octanol–water partition coefficient (Wildman–Crippen LogP) is 4.52. The Morgan fingerprint density at radius 2 is 1.72 bits per heavy atom. The van der Waals surface area contributed by atoms with Gasteiger partial charge in [0, 0.05) is 21.7 Å². The Morgan fingerprint density at radius 1 is 1.17 bits per heavy atom. The molecule has 0 saturated carbocycles. The van der Waals surface area contributed by atoms with Crippen LogP contribution in [0.15, 0.2) is 41.1 Å². The highest BCUT2D eigenvalue weighted by molar-refractivity contribution is 6.33. The molecule has 0 saturated heterocycles. The summed E-state index contributed by atoms with van der Waals surface area (Å²) >= 11 is 6.18. The molecule has 0 unspecified atom stereocenters. The van der Waals surface area contributed by atoms with Gasteiger partial charge in [-0.05, 0) is 26.8 Å². The summed E-state index contributed by atoms with van der Waals surface area (Å²) in [5.41, 5.74) is -6.96. The Labute approximate surface area is 171 Å². The van der Waals surface area contributed by atoms with Crippen LogP contribution < -0.4 is 5.32 Å². The van der Waals surface area contributed by atoms with E-state index in [1.807, 2.05) is 0 Å². The summed E-state index contributed by atoms with van der Waals surface area (Å²) in [5, 5.41) is 22.4. The molecular formula is C20H17ClF3N3O2. The molecule has 0 aromatic heterocycles. The number of hydrogen-bond donors (Lipinski definition) is 1. The molecule has 0 fully saturated rings. The van der Waals surface area contributed by atoms with E-state index in [4.69, 9.17) is 11.6 Å². The highest BCUT2D eigenvalue weighted by Gasteiger charge is 2.58. The number of carbonyl (C=O) groups is 1. The standard InChI is InChI=1S/C20H17ClF3N3O2/c1-18(2,3)27-16-15(20(22,23)24)13(17(28)29-4)14(19(16,9-25)10-26)11-7-5-6-8-12(11)21/h5-8,27H,1-4H3. The molecule has 0 atom stereocenters. The van der Waals surface area contributed by atoms with Gasteiger partial charge in [-0.2, -0.15) is 23.7 Å². The van der Waals surface area contributed by atoms with Gasteiger partial charge in [0.05, 0.1) is 36.1 Å². The third-order valence-electron chi connectivity index (χ3n) is 4.15. The van der Waals surface area contributed by atoms with Gasteiger partial charge in [0.2, 0.25) is 5.41 Å². The predicted molar refractivity (Wildman–Crippen MR) is 100 cm³/mol. The van der Waals surface area contributed by atoms with Crippen LogP contribution in [0.5, 0.6) is 0 Å². The van der Waals surface area contributed by atoms with Gasteiger partial charge < -0.3 is 10.1 Å². The molecule has 0 bridgehead atoms. The molecule has 5 nitrogen and oxygen atoms in total. The van der Waals surface area contributed by atoms with Gasteiger partial charge in [-0.15, -0.1) is 0 Å². The summed E-state index contributed by atoms with van der Waals surface area (Å²) in [6.45, 7) is 4.70. The van der Waals surface area contributed by atoms with Gasteiger partial charge in [0.15, 0.2) is 0 Å². The lowest BCUT2D eigenvalue weighted by molar-refractivity contribution is -0.137. The maximum atomic E-state index is 14.1. The number of benzene rings is 1.